The van der Waals surface area contributed by atoms with E-state index in [4.69, 9.17) is 4.74 Å². The van der Waals surface area contributed by atoms with E-state index in [9.17, 15) is 9.59 Å². The van der Waals surface area contributed by atoms with Crippen LogP contribution in [-0.2, 0) is 22.5 Å². The summed E-state index contributed by atoms with van der Waals surface area (Å²) in [6, 6.07) is 0. The summed E-state index contributed by atoms with van der Waals surface area (Å²) in [6.45, 7) is 2.36. The van der Waals surface area contributed by atoms with E-state index in [1.54, 1.807) is 17.7 Å². The Bertz CT molecular complexity index is 420. The molecule has 1 aliphatic carbocycles. The van der Waals surface area contributed by atoms with Crippen LogP contribution in [0.25, 0.3) is 0 Å². The molecule has 0 aromatic carbocycles. The van der Waals surface area contributed by atoms with Crippen molar-refractivity contribution in [3.63, 3.8) is 0 Å². The number of aromatic nitrogens is 1. The van der Waals surface area contributed by atoms with Crippen molar-refractivity contribution in [3.05, 3.63) is 23.5 Å². The van der Waals surface area contributed by atoms with E-state index in [1.165, 1.54) is 0 Å². The molecule has 0 saturated carbocycles. The molecule has 0 fully saturated rings. The number of ketones is 1. The van der Waals surface area contributed by atoms with Crippen molar-refractivity contribution in [2.75, 3.05) is 6.61 Å². The Kier molecular flexibility index (Phi) is 3.08. The first-order valence-electron chi connectivity index (χ1n) is 5.58. The summed E-state index contributed by atoms with van der Waals surface area (Å²) >= 11 is 0. The van der Waals surface area contributed by atoms with Crippen LogP contribution < -0.4 is 0 Å². The number of aryl methyl sites for hydroxylation is 1. The molecule has 1 heterocycles. The molecular weight excluding hydrogens is 206 g/mol. The van der Waals surface area contributed by atoms with Crippen LogP contribution >= 0.6 is 0 Å². The van der Waals surface area contributed by atoms with Gasteiger partial charge in [-0.15, -0.1) is 0 Å². The number of hydrogen-bond donors (Lipinski definition) is 0. The van der Waals surface area contributed by atoms with Gasteiger partial charge in [-0.1, -0.05) is 0 Å². The second-order valence-electron chi connectivity index (χ2n) is 3.95. The highest BCUT2D eigenvalue weighted by Gasteiger charge is 2.19. The minimum atomic E-state index is -0.262. The predicted octanol–water partition coefficient (Wildman–Crippen LogP) is 1.57. The molecular formula is C12H15NO3. The molecule has 0 bridgehead atoms. The van der Waals surface area contributed by atoms with E-state index in [0.717, 1.165) is 24.0 Å². The standard InChI is InChI=1S/C12H15NO3/c1-2-16-12(15)8-13-6-9-4-3-5-11(14)10(9)7-13/h6-7H,2-5,8H2,1H3. The fraction of sp³-hybridized carbons (Fsp3) is 0.500. The predicted molar refractivity (Wildman–Crippen MR) is 58.3 cm³/mol. The summed E-state index contributed by atoms with van der Waals surface area (Å²) in [5.41, 5.74) is 1.83. The van der Waals surface area contributed by atoms with Crippen LogP contribution in [0.5, 0.6) is 0 Å². The molecule has 1 aliphatic rings. The second-order valence-corrected chi connectivity index (χ2v) is 3.95. The van der Waals surface area contributed by atoms with Crippen LogP contribution in [0.15, 0.2) is 12.4 Å². The van der Waals surface area contributed by atoms with Gasteiger partial charge < -0.3 is 9.30 Å². The van der Waals surface area contributed by atoms with Gasteiger partial charge in [0, 0.05) is 24.4 Å². The SMILES string of the molecule is CCOC(=O)Cn1cc2c(c1)C(=O)CCC2. The molecule has 0 N–H and O–H groups in total. The van der Waals surface area contributed by atoms with Gasteiger partial charge in [-0.05, 0) is 25.3 Å². The molecule has 4 heteroatoms. The van der Waals surface area contributed by atoms with Crippen molar-refractivity contribution in [3.8, 4) is 0 Å². The zero-order valence-electron chi connectivity index (χ0n) is 9.36. The molecule has 16 heavy (non-hydrogen) atoms. The van der Waals surface area contributed by atoms with E-state index in [2.05, 4.69) is 0 Å². The minimum absolute atomic E-state index is 0.184. The van der Waals surface area contributed by atoms with E-state index in [1.807, 2.05) is 6.20 Å². The highest BCUT2D eigenvalue weighted by molar-refractivity contribution is 5.98. The van der Waals surface area contributed by atoms with Crippen LogP contribution in [0.3, 0.4) is 0 Å². The third kappa shape index (κ3) is 2.15. The smallest absolute Gasteiger partial charge is 0.325 e. The molecule has 0 aliphatic heterocycles. The Hall–Kier alpha value is -1.58. The summed E-state index contributed by atoms with van der Waals surface area (Å²) in [5.74, 6) is -0.0776. The van der Waals surface area contributed by atoms with Crippen molar-refractivity contribution in [2.24, 2.45) is 0 Å². The highest BCUT2D eigenvalue weighted by atomic mass is 16.5. The fourth-order valence-electron chi connectivity index (χ4n) is 2.03. The van der Waals surface area contributed by atoms with Gasteiger partial charge in [0.2, 0.25) is 0 Å². The summed E-state index contributed by atoms with van der Waals surface area (Å²) < 4.78 is 6.60. The van der Waals surface area contributed by atoms with Crippen molar-refractivity contribution in [1.82, 2.24) is 4.57 Å². The molecule has 4 nitrogen and oxygen atoms in total. The largest absolute Gasteiger partial charge is 0.465 e. The van der Waals surface area contributed by atoms with Gasteiger partial charge in [-0.3, -0.25) is 9.59 Å². The number of Topliss-reactive ketones (excluding diaryl/α,β-unsaturated/α-hetero) is 1. The van der Waals surface area contributed by atoms with Gasteiger partial charge in [0.15, 0.2) is 5.78 Å². The molecule has 0 atom stereocenters. The summed E-state index contributed by atoms with van der Waals surface area (Å²) in [7, 11) is 0. The molecule has 2 rings (SSSR count). The number of carbonyl (C=O) groups is 2. The van der Waals surface area contributed by atoms with Gasteiger partial charge in [-0.25, -0.2) is 0 Å². The Labute approximate surface area is 94.2 Å². The maximum absolute atomic E-state index is 11.6. The van der Waals surface area contributed by atoms with Crippen molar-refractivity contribution < 1.29 is 14.3 Å². The van der Waals surface area contributed by atoms with Crippen molar-refractivity contribution in [1.29, 1.82) is 0 Å². The molecule has 0 spiro atoms. The Morgan fingerprint density at radius 3 is 2.94 bits per heavy atom. The number of nitrogens with zero attached hydrogens (tertiary/aromatic N) is 1. The topological polar surface area (TPSA) is 48.3 Å². The number of fused-ring (bicyclic) bond motifs is 1. The maximum Gasteiger partial charge on any atom is 0.325 e. The van der Waals surface area contributed by atoms with Crippen molar-refractivity contribution >= 4 is 11.8 Å². The number of esters is 1. The van der Waals surface area contributed by atoms with Gasteiger partial charge in [0.05, 0.1) is 6.61 Å². The molecule has 0 amide bonds. The average Bonchev–Trinajstić information content (AvgIpc) is 2.62. The molecule has 0 unspecified atom stereocenters. The normalized spacial score (nSPS) is 14.7. The Morgan fingerprint density at radius 1 is 1.44 bits per heavy atom. The van der Waals surface area contributed by atoms with E-state index in [0.29, 0.717) is 13.0 Å². The van der Waals surface area contributed by atoms with Crippen LogP contribution in [0.1, 0.15) is 35.7 Å². The van der Waals surface area contributed by atoms with Gasteiger partial charge in [0.1, 0.15) is 6.54 Å². The van der Waals surface area contributed by atoms with Crippen LogP contribution in [-0.4, -0.2) is 22.9 Å². The Morgan fingerprint density at radius 2 is 2.25 bits per heavy atom. The van der Waals surface area contributed by atoms with Crippen LogP contribution in [0.4, 0.5) is 0 Å². The molecule has 1 aromatic rings. The zero-order chi connectivity index (χ0) is 11.5. The quantitative estimate of drug-likeness (QED) is 0.728. The lowest BCUT2D eigenvalue weighted by Crippen LogP contribution is -2.12. The van der Waals surface area contributed by atoms with Crippen molar-refractivity contribution in [2.45, 2.75) is 32.7 Å². The van der Waals surface area contributed by atoms with Crippen LogP contribution in [0, 0.1) is 0 Å². The first-order valence-corrected chi connectivity index (χ1v) is 5.58. The lowest BCUT2D eigenvalue weighted by Gasteiger charge is -2.07. The fourth-order valence-corrected chi connectivity index (χ4v) is 2.03. The van der Waals surface area contributed by atoms with Crippen LogP contribution in [0.2, 0.25) is 0 Å². The molecule has 0 radical (unpaired) electrons. The minimum Gasteiger partial charge on any atom is -0.465 e. The van der Waals surface area contributed by atoms with Gasteiger partial charge >= 0.3 is 5.97 Å². The second kappa shape index (κ2) is 4.51. The maximum atomic E-state index is 11.6. The summed E-state index contributed by atoms with van der Waals surface area (Å²) in [4.78, 5) is 22.9. The number of carbonyl (C=O) groups excluding carboxylic acids is 2. The number of rotatable bonds is 3. The molecule has 0 saturated heterocycles. The Balaban J connectivity index is 2.12. The monoisotopic (exact) mass is 221 g/mol. The summed E-state index contributed by atoms with van der Waals surface area (Å²) in [5, 5.41) is 0. The van der Waals surface area contributed by atoms with E-state index >= 15 is 0 Å². The van der Waals surface area contributed by atoms with E-state index in [-0.39, 0.29) is 18.3 Å². The third-order valence-corrected chi connectivity index (χ3v) is 2.73. The molecule has 1 aromatic heterocycles. The average molecular weight is 221 g/mol. The number of hydrogen-bond acceptors (Lipinski definition) is 3. The highest BCUT2D eigenvalue weighted by Crippen LogP contribution is 2.21. The lowest BCUT2D eigenvalue weighted by atomic mass is 9.95. The zero-order valence-corrected chi connectivity index (χ0v) is 9.36. The number of ether oxygens (including phenoxy) is 1. The van der Waals surface area contributed by atoms with Gasteiger partial charge in [0.25, 0.3) is 0 Å². The first-order chi connectivity index (χ1) is 7.70. The van der Waals surface area contributed by atoms with E-state index < -0.39 is 0 Å². The van der Waals surface area contributed by atoms with Gasteiger partial charge in [-0.2, -0.15) is 0 Å². The lowest BCUT2D eigenvalue weighted by molar-refractivity contribution is -0.143. The first kappa shape index (κ1) is 10.9. The third-order valence-electron chi connectivity index (χ3n) is 2.73. The molecule has 86 valence electrons. The summed E-state index contributed by atoms with van der Waals surface area (Å²) in [6.07, 6.45) is 6.10.